The molecule has 4 rings (SSSR count). The fourth-order valence-corrected chi connectivity index (χ4v) is 4.82. The van der Waals surface area contributed by atoms with E-state index in [4.69, 9.17) is 4.74 Å². The minimum Gasteiger partial charge on any atom is -0.375 e. The van der Waals surface area contributed by atoms with Gasteiger partial charge in [0.05, 0.1) is 0 Å². The minimum absolute atomic E-state index is 0.0778. The molecule has 0 bridgehead atoms. The molecule has 0 unspecified atom stereocenters. The molecule has 1 aromatic carbocycles. The quantitative estimate of drug-likeness (QED) is 0.881. The summed E-state index contributed by atoms with van der Waals surface area (Å²) in [4.78, 5) is 26.4. The zero-order valence-corrected chi connectivity index (χ0v) is 15.5. The number of hydrogen-bond donors (Lipinski definition) is 1. The molecule has 1 heterocycles. The van der Waals surface area contributed by atoms with Gasteiger partial charge in [0.1, 0.15) is 6.61 Å². The number of carbonyl (C=O) groups excluding carboxylic acids is 2. The van der Waals surface area contributed by atoms with Crippen LogP contribution in [0.25, 0.3) is 0 Å². The average Bonchev–Trinajstić information content (AvgIpc) is 3.41. The van der Waals surface area contributed by atoms with Gasteiger partial charge in [-0.15, -0.1) is 0 Å². The maximum atomic E-state index is 12.4. The van der Waals surface area contributed by atoms with Crippen molar-refractivity contribution in [3.63, 3.8) is 0 Å². The second-order valence-electron chi connectivity index (χ2n) is 8.13. The molecule has 1 N–H and O–H groups in total. The van der Waals surface area contributed by atoms with Gasteiger partial charge in [-0.05, 0) is 54.6 Å². The molecule has 3 aliphatic rings. The second kappa shape index (κ2) is 7.03. The van der Waals surface area contributed by atoms with Crippen LogP contribution in [-0.4, -0.2) is 49.6 Å². The summed E-state index contributed by atoms with van der Waals surface area (Å²) in [6.45, 7) is 1.71. The number of rotatable bonds is 5. The van der Waals surface area contributed by atoms with E-state index >= 15 is 0 Å². The molecule has 2 fully saturated rings. The number of carbonyl (C=O) groups is 2. The van der Waals surface area contributed by atoms with Gasteiger partial charge < -0.3 is 15.0 Å². The highest BCUT2D eigenvalue weighted by Crippen LogP contribution is 2.52. The van der Waals surface area contributed by atoms with E-state index in [1.165, 1.54) is 11.1 Å². The number of benzene rings is 1. The van der Waals surface area contributed by atoms with Crippen molar-refractivity contribution in [3.05, 3.63) is 35.4 Å². The molecular formula is C21H28N2O3. The van der Waals surface area contributed by atoms with E-state index in [0.717, 1.165) is 45.2 Å². The standard InChI is InChI=1S/C21H28N2O3/c1-26-14-20(25)23-10-8-21(9-11-23)13-15(12-19(24)22-16-6-7-16)17-4-2-3-5-18(17)21/h2-5,15-16H,6-14H2,1H3,(H,22,24)/t15-/m1/s1. The number of methoxy groups -OCH3 is 1. The lowest BCUT2D eigenvalue weighted by Gasteiger charge is -2.40. The molecule has 0 aromatic heterocycles. The molecular weight excluding hydrogens is 328 g/mol. The van der Waals surface area contributed by atoms with Crippen molar-refractivity contribution in [2.75, 3.05) is 26.8 Å². The van der Waals surface area contributed by atoms with E-state index < -0.39 is 0 Å². The van der Waals surface area contributed by atoms with E-state index in [9.17, 15) is 9.59 Å². The largest absolute Gasteiger partial charge is 0.375 e. The van der Waals surface area contributed by atoms with Gasteiger partial charge >= 0.3 is 0 Å². The molecule has 26 heavy (non-hydrogen) atoms. The number of amides is 2. The van der Waals surface area contributed by atoms with Gasteiger partial charge in [0, 0.05) is 32.7 Å². The molecule has 5 heteroatoms. The third kappa shape index (κ3) is 3.37. The molecule has 2 aliphatic carbocycles. The number of fused-ring (bicyclic) bond motifs is 2. The lowest BCUT2D eigenvalue weighted by Crippen LogP contribution is -2.45. The lowest BCUT2D eigenvalue weighted by atomic mass is 9.73. The highest BCUT2D eigenvalue weighted by atomic mass is 16.5. The topological polar surface area (TPSA) is 58.6 Å². The van der Waals surface area contributed by atoms with E-state index in [2.05, 4.69) is 29.6 Å². The average molecular weight is 356 g/mol. The van der Waals surface area contributed by atoms with E-state index in [1.54, 1.807) is 7.11 Å². The number of piperidine rings is 1. The van der Waals surface area contributed by atoms with Crippen molar-refractivity contribution in [2.45, 2.75) is 55.9 Å². The SMILES string of the molecule is COCC(=O)N1CCC2(CC1)C[C@@H](CC(=O)NC1CC1)c1ccccc12. The van der Waals surface area contributed by atoms with Crippen molar-refractivity contribution < 1.29 is 14.3 Å². The number of hydrogen-bond acceptors (Lipinski definition) is 3. The summed E-state index contributed by atoms with van der Waals surface area (Å²) >= 11 is 0. The fourth-order valence-electron chi connectivity index (χ4n) is 4.82. The Balaban J connectivity index is 1.47. The van der Waals surface area contributed by atoms with Crippen LogP contribution in [-0.2, 0) is 19.7 Å². The smallest absolute Gasteiger partial charge is 0.248 e. The third-order valence-corrected chi connectivity index (χ3v) is 6.32. The van der Waals surface area contributed by atoms with Gasteiger partial charge in [-0.2, -0.15) is 0 Å². The highest BCUT2D eigenvalue weighted by molar-refractivity contribution is 5.78. The molecule has 1 aliphatic heterocycles. The monoisotopic (exact) mass is 356 g/mol. The Morgan fingerprint density at radius 2 is 1.96 bits per heavy atom. The van der Waals surface area contributed by atoms with E-state index in [-0.39, 0.29) is 23.8 Å². The van der Waals surface area contributed by atoms with Crippen LogP contribution in [0.3, 0.4) is 0 Å². The second-order valence-corrected chi connectivity index (χ2v) is 8.13. The molecule has 1 saturated heterocycles. The Morgan fingerprint density at radius 1 is 1.23 bits per heavy atom. The molecule has 5 nitrogen and oxygen atoms in total. The zero-order valence-electron chi connectivity index (χ0n) is 15.5. The first-order valence-electron chi connectivity index (χ1n) is 9.77. The summed E-state index contributed by atoms with van der Waals surface area (Å²) in [5.74, 6) is 0.567. The van der Waals surface area contributed by atoms with Gasteiger partial charge in [-0.1, -0.05) is 24.3 Å². The van der Waals surface area contributed by atoms with Crippen LogP contribution in [0, 0.1) is 0 Å². The molecule has 1 atom stereocenters. The Hall–Kier alpha value is -1.88. The van der Waals surface area contributed by atoms with Crippen molar-refractivity contribution in [1.82, 2.24) is 10.2 Å². The molecule has 1 aromatic rings. The molecule has 2 amide bonds. The molecule has 140 valence electrons. The summed E-state index contributed by atoms with van der Waals surface area (Å²) in [5, 5.41) is 3.13. The van der Waals surface area contributed by atoms with Crippen molar-refractivity contribution >= 4 is 11.8 Å². The number of nitrogens with zero attached hydrogens (tertiary/aromatic N) is 1. The van der Waals surface area contributed by atoms with Crippen molar-refractivity contribution in [3.8, 4) is 0 Å². The minimum atomic E-state index is 0.0778. The summed E-state index contributed by atoms with van der Waals surface area (Å²) in [6, 6.07) is 9.04. The highest BCUT2D eigenvalue weighted by Gasteiger charge is 2.46. The lowest BCUT2D eigenvalue weighted by molar-refractivity contribution is -0.136. The molecule has 0 radical (unpaired) electrons. The van der Waals surface area contributed by atoms with Crippen LogP contribution in [0.1, 0.15) is 55.6 Å². The van der Waals surface area contributed by atoms with E-state index in [0.29, 0.717) is 18.4 Å². The van der Waals surface area contributed by atoms with Crippen LogP contribution in [0.15, 0.2) is 24.3 Å². The zero-order chi connectivity index (χ0) is 18.1. The van der Waals surface area contributed by atoms with Crippen LogP contribution >= 0.6 is 0 Å². The Morgan fingerprint density at radius 3 is 2.65 bits per heavy atom. The van der Waals surface area contributed by atoms with Gasteiger partial charge in [0.2, 0.25) is 11.8 Å². The van der Waals surface area contributed by atoms with Crippen LogP contribution in [0.2, 0.25) is 0 Å². The van der Waals surface area contributed by atoms with Gasteiger partial charge in [0.25, 0.3) is 0 Å². The first-order chi connectivity index (χ1) is 12.6. The van der Waals surface area contributed by atoms with E-state index in [1.807, 2.05) is 4.90 Å². The Bertz CT molecular complexity index is 690. The number of nitrogens with one attached hydrogen (secondary N) is 1. The summed E-state index contributed by atoms with van der Waals surface area (Å²) < 4.78 is 4.99. The van der Waals surface area contributed by atoms with Gasteiger partial charge in [0.15, 0.2) is 0 Å². The van der Waals surface area contributed by atoms with Gasteiger partial charge in [-0.3, -0.25) is 9.59 Å². The first kappa shape index (κ1) is 17.5. The maximum absolute atomic E-state index is 12.4. The van der Waals surface area contributed by atoms with Crippen LogP contribution < -0.4 is 5.32 Å². The molecule has 1 spiro atoms. The predicted molar refractivity (Wildman–Crippen MR) is 98.9 cm³/mol. The maximum Gasteiger partial charge on any atom is 0.248 e. The summed E-state index contributed by atoms with van der Waals surface area (Å²) in [6.07, 6.45) is 5.81. The number of ether oxygens (including phenoxy) is 1. The first-order valence-corrected chi connectivity index (χ1v) is 9.77. The van der Waals surface area contributed by atoms with Crippen molar-refractivity contribution in [2.24, 2.45) is 0 Å². The summed E-state index contributed by atoms with van der Waals surface area (Å²) in [7, 11) is 1.56. The van der Waals surface area contributed by atoms with Gasteiger partial charge in [-0.25, -0.2) is 0 Å². The third-order valence-electron chi connectivity index (χ3n) is 6.32. The normalized spacial score (nSPS) is 23.7. The van der Waals surface area contributed by atoms with Crippen LogP contribution in [0.5, 0.6) is 0 Å². The number of likely N-dealkylation sites (tertiary alicyclic amines) is 1. The fraction of sp³-hybridized carbons (Fsp3) is 0.619. The Kier molecular flexibility index (Phi) is 4.74. The Labute approximate surface area is 155 Å². The van der Waals surface area contributed by atoms with Crippen molar-refractivity contribution in [1.29, 1.82) is 0 Å². The predicted octanol–water partition coefficient (Wildman–Crippen LogP) is 2.35. The van der Waals surface area contributed by atoms with Crippen LogP contribution in [0.4, 0.5) is 0 Å². The summed E-state index contributed by atoms with van der Waals surface area (Å²) in [5.41, 5.74) is 2.86. The molecule has 1 saturated carbocycles.